The fourth-order valence-electron chi connectivity index (χ4n) is 4.54. The van der Waals surface area contributed by atoms with E-state index in [2.05, 4.69) is 19.1 Å². The summed E-state index contributed by atoms with van der Waals surface area (Å²) in [6, 6.07) is 32.1. The van der Waals surface area contributed by atoms with Gasteiger partial charge in [0.15, 0.2) is 0 Å². The fraction of sp³-hybridized carbons (Fsp3) is 0.226. The predicted octanol–water partition coefficient (Wildman–Crippen LogP) is 8.53. The van der Waals surface area contributed by atoms with Crippen molar-refractivity contribution in [3.63, 3.8) is 0 Å². The molecule has 168 valence electrons. The Kier molecular flexibility index (Phi) is 7.47. The minimum absolute atomic E-state index is 0.188. The van der Waals surface area contributed by atoms with Crippen LogP contribution in [0.15, 0.2) is 97.1 Å². The van der Waals surface area contributed by atoms with Gasteiger partial charge in [-0.05, 0) is 52.9 Å². The molecule has 0 unspecified atom stereocenters. The average molecular weight is 437 g/mol. The van der Waals surface area contributed by atoms with Gasteiger partial charge < -0.3 is 10.2 Å². The van der Waals surface area contributed by atoms with Crippen LogP contribution in [-0.4, -0.2) is 10.2 Å². The van der Waals surface area contributed by atoms with Crippen LogP contribution in [0, 0.1) is 0 Å². The van der Waals surface area contributed by atoms with E-state index in [4.69, 9.17) is 0 Å². The molecule has 0 aromatic heterocycles. The van der Waals surface area contributed by atoms with Crippen LogP contribution in [0.3, 0.4) is 0 Å². The minimum atomic E-state index is 0.188. The lowest BCUT2D eigenvalue weighted by molar-refractivity contribution is 0.476. The normalized spacial score (nSPS) is 11.1. The first-order chi connectivity index (χ1) is 16.2. The second kappa shape index (κ2) is 10.9. The highest BCUT2D eigenvalue weighted by atomic mass is 16.3. The topological polar surface area (TPSA) is 40.5 Å². The van der Waals surface area contributed by atoms with Gasteiger partial charge in [0.05, 0.1) is 0 Å². The Bertz CT molecular complexity index is 1080. The second-order valence-corrected chi connectivity index (χ2v) is 8.69. The van der Waals surface area contributed by atoms with Crippen molar-refractivity contribution in [1.29, 1.82) is 0 Å². The number of aromatic hydroxyl groups is 2. The molecule has 0 spiro atoms. The summed E-state index contributed by atoms with van der Waals surface area (Å²) in [6.45, 7) is 2.23. The molecule has 0 radical (unpaired) electrons. The number of phenolic OH excluding ortho intramolecular Hbond substituents is 2. The van der Waals surface area contributed by atoms with E-state index in [0.29, 0.717) is 11.5 Å². The smallest absolute Gasteiger partial charge is 0.123 e. The molecule has 4 aromatic rings. The lowest BCUT2D eigenvalue weighted by atomic mass is 9.84. The zero-order chi connectivity index (χ0) is 23.0. The van der Waals surface area contributed by atoms with Crippen LogP contribution in [0.4, 0.5) is 0 Å². The number of hydrogen-bond donors (Lipinski definition) is 2. The molecular weight excluding hydrogens is 404 g/mol. The third-order valence-electron chi connectivity index (χ3n) is 6.36. The van der Waals surface area contributed by atoms with E-state index in [9.17, 15) is 10.2 Å². The second-order valence-electron chi connectivity index (χ2n) is 8.69. The minimum Gasteiger partial charge on any atom is -0.507 e. The van der Waals surface area contributed by atoms with E-state index in [1.807, 2.05) is 84.9 Å². The molecule has 0 saturated heterocycles. The van der Waals surface area contributed by atoms with Gasteiger partial charge in [0, 0.05) is 17.0 Å². The quantitative estimate of drug-likeness (QED) is 0.258. The standard InChI is InChI=1S/C31H32O2/c1-2-3-4-11-16-27(25-17-19-30(32)28(21-25)23-12-7-5-8-13-23)26-18-20-31(33)29(22-26)24-14-9-6-10-15-24/h5-10,12-15,17-22,27,32-33H,2-4,11,16H2,1H3. The summed E-state index contributed by atoms with van der Waals surface area (Å²) in [4.78, 5) is 0. The molecule has 4 rings (SSSR count). The average Bonchev–Trinajstić information content (AvgIpc) is 2.86. The summed E-state index contributed by atoms with van der Waals surface area (Å²) in [5, 5.41) is 21.2. The maximum atomic E-state index is 10.6. The molecule has 2 nitrogen and oxygen atoms in total. The Hall–Kier alpha value is -3.52. The van der Waals surface area contributed by atoms with E-state index in [1.54, 1.807) is 0 Å². The van der Waals surface area contributed by atoms with Gasteiger partial charge in [0.1, 0.15) is 11.5 Å². The van der Waals surface area contributed by atoms with Crippen molar-refractivity contribution in [2.24, 2.45) is 0 Å². The third-order valence-corrected chi connectivity index (χ3v) is 6.36. The zero-order valence-corrected chi connectivity index (χ0v) is 19.2. The van der Waals surface area contributed by atoms with Crippen molar-refractivity contribution in [2.45, 2.75) is 44.9 Å². The van der Waals surface area contributed by atoms with Crippen LogP contribution in [0.5, 0.6) is 11.5 Å². The van der Waals surface area contributed by atoms with Gasteiger partial charge >= 0.3 is 0 Å². The van der Waals surface area contributed by atoms with Gasteiger partial charge in [-0.15, -0.1) is 0 Å². The molecule has 0 atom stereocenters. The van der Waals surface area contributed by atoms with Crippen LogP contribution >= 0.6 is 0 Å². The molecule has 0 bridgehead atoms. The highest BCUT2D eigenvalue weighted by Gasteiger charge is 2.18. The monoisotopic (exact) mass is 436 g/mol. The maximum absolute atomic E-state index is 10.6. The van der Waals surface area contributed by atoms with E-state index in [1.165, 1.54) is 30.4 Å². The van der Waals surface area contributed by atoms with Crippen LogP contribution in [0.25, 0.3) is 22.3 Å². The Morgan fingerprint density at radius 3 is 1.52 bits per heavy atom. The molecule has 0 saturated carbocycles. The molecule has 4 aromatic carbocycles. The lowest BCUT2D eigenvalue weighted by Gasteiger charge is -2.21. The van der Waals surface area contributed by atoms with Crippen molar-refractivity contribution in [2.75, 3.05) is 0 Å². The maximum Gasteiger partial charge on any atom is 0.123 e. The molecule has 0 aliphatic carbocycles. The molecule has 0 fully saturated rings. The van der Waals surface area contributed by atoms with Gasteiger partial charge in [-0.2, -0.15) is 0 Å². The lowest BCUT2D eigenvalue weighted by Crippen LogP contribution is -2.03. The number of benzene rings is 4. The fourth-order valence-corrected chi connectivity index (χ4v) is 4.54. The van der Waals surface area contributed by atoms with Crippen LogP contribution in [-0.2, 0) is 0 Å². The molecule has 0 heterocycles. The molecular formula is C31H32O2. The molecule has 0 aliphatic rings. The first-order valence-corrected chi connectivity index (χ1v) is 11.9. The number of rotatable bonds is 9. The Morgan fingerprint density at radius 1 is 0.576 bits per heavy atom. The summed E-state index contributed by atoms with van der Waals surface area (Å²) in [6.07, 6.45) is 5.82. The highest BCUT2D eigenvalue weighted by Crippen LogP contribution is 2.39. The summed E-state index contributed by atoms with van der Waals surface area (Å²) >= 11 is 0. The number of unbranched alkanes of at least 4 members (excludes halogenated alkanes) is 3. The molecule has 0 aliphatic heterocycles. The third kappa shape index (κ3) is 5.46. The Labute approximate surface area is 197 Å². The first-order valence-electron chi connectivity index (χ1n) is 11.9. The van der Waals surface area contributed by atoms with Gasteiger partial charge in [0.2, 0.25) is 0 Å². The van der Waals surface area contributed by atoms with Crippen molar-refractivity contribution in [1.82, 2.24) is 0 Å². The zero-order valence-electron chi connectivity index (χ0n) is 19.2. The largest absolute Gasteiger partial charge is 0.507 e. The summed E-state index contributed by atoms with van der Waals surface area (Å²) < 4.78 is 0. The summed E-state index contributed by atoms with van der Waals surface area (Å²) in [5.74, 6) is 0.781. The number of hydrogen-bond acceptors (Lipinski definition) is 2. The SMILES string of the molecule is CCCCCCC(c1ccc(O)c(-c2ccccc2)c1)c1ccc(O)c(-c2ccccc2)c1. The van der Waals surface area contributed by atoms with Crippen molar-refractivity contribution >= 4 is 0 Å². The first kappa shape index (κ1) is 22.7. The Balaban J connectivity index is 1.75. The van der Waals surface area contributed by atoms with Gasteiger partial charge in [-0.3, -0.25) is 0 Å². The molecule has 33 heavy (non-hydrogen) atoms. The van der Waals surface area contributed by atoms with Crippen molar-refractivity contribution in [3.05, 3.63) is 108 Å². The number of phenols is 2. The summed E-state index contributed by atoms with van der Waals surface area (Å²) in [5.41, 5.74) is 6.11. The van der Waals surface area contributed by atoms with Crippen molar-refractivity contribution in [3.8, 4) is 33.8 Å². The van der Waals surface area contributed by atoms with Crippen molar-refractivity contribution < 1.29 is 10.2 Å². The molecule has 0 amide bonds. The van der Waals surface area contributed by atoms with E-state index in [-0.39, 0.29) is 5.92 Å². The molecule has 2 heteroatoms. The van der Waals surface area contributed by atoms with Crippen LogP contribution in [0.1, 0.15) is 56.1 Å². The predicted molar refractivity (Wildman–Crippen MR) is 138 cm³/mol. The van der Waals surface area contributed by atoms with E-state index in [0.717, 1.165) is 35.1 Å². The van der Waals surface area contributed by atoms with Crippen LogP contribution in [0.2, 0.25) is 0 Å². The Morgan fingerprint density at radius 2 is 1.06 bits per heavy atom. The highest BCUT2D eigenvalue weighted by molar-refractivity contribution is 5.73. The van der Waals surface area contributed by atoms with Gasteiger partial charge in [-0.25, -0.2) is 0 Å². The van der Waals surface area contributed by atoms with Crippen LogP contribution < -0.4 is 0 Å². The van der Waals surface area contributed by atoms with E-state index >= 15 is 0 Å². The van der Waals surface area contributed by atoms with Gasteiger partial charge in [0.25, 0.3) is 0 Å². The molecule has 2 N–H and O–H groups in total. The summed E-state index contributed by atoms with van der Waals surface area (Å²) in [7, 11) is 0. The van der Waals surface area contributed by atoms with Gasteiger partial charge in [-0.1, -0.05) is 105 Å². The van der Waals surface area contributed by atoms with E-state index < -0.39 is 0 Å².